The van der Waals surface area contributed by atoms with E-state index in [1.165, 1.54) is 6.07 Å². The van der Waals surface area contributed by atoms with Gasteiger partial charge in [0.25, 0.3) is 0 Å². The van der Waals surface area contributed by atoms with E-state index in [-0.39, 0.29) is 11.9 Å². The summed E-state index contributed by atoms with van der Waals surface area (Å²) in [6.45, 7) is 1.92. The quantitative estimate of drug-likeness (QED) is 0.673. The van der Waals surface area contributed by atoms with Crippen molar-refractivity contribution in [2.24, 2.45) is 0 Å². The lowest BCUT2D eigenvalue weighted by molar-refractivity contribution is 0.118. The maximum Gasteiger partial charge on any atom is 0.126 e. The lowest BCUT2D eigenvalue weighted by Crippen LogP contribution is -2.09. The Hall–Kier alpha value is -0.890. The van der Waals surface area contributed by atoms with Crippen molar-refractivity contribution in [2.75, 3.05) is 7.11 Å². The summed E-state index contributed by atoms with van der Waals surface area (Å²) < 4.78 is 18.1. The first-order valence-electron chi connectivity index (χ1n) is 4.00. The highest BCUT2D eigenvalue weighted by Gasteiger charge is 2.05. The molecule has 0 radical (unpaired) electrons. The van der Waals surface area contributed by atoms with Gasteiger partial charge in [-0.1, -0.05) is 18.2 Å². The highest BCUT2D eigenvalue weighted by molar-refractivity contribution is 5.17. The second-order valence-corrected chi connectivity index (χ2v) is 2.84. The van der Waals surface area contributed by atoms with Crippen LogP contribution < -0.4 is 0 Å². The smallest absolute Gasteiger partial charge is 0.126 e. The van der Waals surface area contributed by atoms with Gasteiger partial charge in [-0.2, -0.15) is 0 Å². The Kier molecular flexibility index (Phi) is 3.23. The molecule has 1 aromatic rings. The summed E-state index contributed by atoms with van der Waals surface area (Å²) in [6.07, 6.45) is 0.699. The molecule has 1 rings (SSSR count). The Morgan fingerprint density at radius 3 is 2.67 bits per heavy atom. The average Bonchev–Trinajstić information content (AvgIpc) is 2.09. The van der Waals surface area contributed by atoms with Crippen molar-refractivity contribution < 1.29 is 9.13 Å². The Morgan fingerprint density at radius 2 is 2.08 bits per heavy atom. The summed E-state index contributed by atoms with van der Waals surface area (Å²) in [4.78, 5) is 0. The van der Waals surface area contributed by atoms with Gasteiger partial charge in [0.05, 0.1) is 6.10 Å². The zero-order valence-corrected chi connectivity index (χ0v) is 7.38. The second-order valence-electron chi connectivity index (χ2n) is 2.84. The minimum atomic E-state index is -0.151. The van der Waals surface area contributed by atoms with Crippen molar-refractivity contribution in [3.8, 4) is 0 Å². The number of rotatable bonds is 3. The fourth-order valence-corrected chi connectivity index (χ4v) is 1.06. The highest BCUT2D eigenvalue weighted by Crippen LogP contribution is 2.09. The fraction of sp³-hybridized carbons (Fsp3) is 0.400. The number of halogens is 1. The Bertz CT molecular complexity index is 247. The Balaban J connectivity index is 2.69. The molecule has 2 heteroatoms. The first-order chi connectivity index (χ1) is 5.74. The van der Waals surface area contributed by atoms with Crippen LogP contribution in [0.2, 0.25) is 0 Å². The summed E-state index contributed by atoms with van der Waals surface area (Å²) in [5.41, 5.74) is 0.715. The third kappa shape index (κ3) is 2.31. The number of hydrogen-bond donors (Lipinski definition) is 0. The van der Waals surface area contributed by atoms with Gasteiger partial charge >= 0.3 is 0 Å². The average molecular weight is 168 g/mol. The molecular weight excluding hydrogens is 155 g/mol. The van der Waals surface area contributed by atoms with E-state index in [1.54, 1.807) is 19.2 Å². The molecule has 1 aromatic carbocycles. The van der Waals surface area contributed by atoms with E-state index < -0.39 is 0 Å². The largest absolute Gasteiger partial charge is 0.381 e. The van der Waals surface area contributed by atoms with Gasteiger partial charge in [0.15, 0.2) is 0 Å². The molecule has 12 heavy (non-hydrogen) atoms. The van der Waals surface area contributed by atoms with E-state index in [0.29, 0.717) is 12.0 Å². The monoisotopic (exact) mass is 168 g/mol. The lowest BCUT2D eigenvalue weighted by Gasteiger charge is -2.09. The third-order valence-corrected chi connectivity index (χ3v) is 1.87. The standard InChI is InChI=1S/C10H13FO/c1-8(12-2)7-9-5-3-4-6-10(9)11/h3-6,8H,7H2,1-2H3/t8-/m0/s1. The van der Waals surface area contributed by atoms with E-state index in [2.05, 4.69) is 0 Å². The first-order valence-corrected chi connectivity index (χ1v) is 4.00. The maximum atomic E-state index is 13.0. The van der Waals surface area contributed by atoms with Crippen LogP contribution in [0.4, 0.5) is 4.39 Å². The van der Waals surface area contributed by atoms with Crippen LogP contribution in [0.3, 0.4) is 0 Å². The molecule has 0 aliphatic rings. The number of hydrogen-bond acceptors (Lipinski definition) is 1. The number of benzene rings is 1. The van der Waals surface area contributed by atoms with E-state index in [1.807, 2.05) is 13.0 Å². The molecule has 0 saturated carbocycles. The van der Waals surface area contributed by atoms with Crippen molar-refractivity contribution >= 4 is 0 Å². The summed E-state index contributed by atoms with van der Waals surface area (Å²) in [5.74, 6) is -0.151. The van der Waals surface area contributed by atoms with Gasteiger partial charge in [-0.25, -0.2) is 4.39 Å². The van der Waals surface area contributed by atoms with Crippen LogP contribution in [0.5, 0.6) is 0 Å². The zero-order chi connectivity index (χ0) is 8.97. The van der Waals surface area contributed by atoms with Crippen molar-refractivity contribution in [1.29, 1.82) is 0 Å². The number of ether oxygens (including phenoxy) is 1. The molecule has 0 bridgehead atoms. The minimum Gasteiger partial charge on any atom is -0.381 e. The topological polar surface area (TPSA) is 9.23 Å². The van der Waals surface area contributed by atoms with Crippen molar-refractivity contribution in [2.45, 2.75) is 19.4 Å². The molecule has 0 aromatic heterocycles. The highest BCUT2D eigenvalue weighted by atomic mass is 19.1. The van der Waals surface area contributed by atoms with Crippen LogP contribution in [-0.2, 0) is 11.2 Å². The first kappa shape index (κ1) is 9.20. The Labute approximate surface area is 72.2 Å². The van der Waals surface area contributed by atoms with Crippen LogP contribution in [0, 0.1) is 5.82 Å². The van der Waals surface area contributed by atoms with E-state index in [9.17, 15) is 4.39 Å². The molecular formula is C10H13FO. The summed E-state index contributed by atoms with van der Waals surface area (Å²) in [7, 11) is 1.63. The van der Waals surface area contributed by atoms with Gasteiger partial charge in [0.2, 0.25) is 0 Å². The minimum absolute atomic E-state index is 0.0712. The molecule has 0 aliphatic carbocycles. The molecule has 0 fully saturated rings. The molecule has 0 saturated heterocycles. The van der Waals surface area contributed by atoms with Gasteiger partial charge < -0.3 is 4.74 Å². The SMILES string of the molecule is CO[C@@H](C)Cc1ccccc1F. The Morgan fingerprint density at radius 1 is 1.42 bits per heavy atom. The molecule has 0 amide bonds. The molecule has 66 valence electrons. The van der Waals surface area contributed by atoms with Crippen LogP contribution in [0.1, 0.15) is 12.5 Å². The van der Waals surface area contributed by atoms with Gasteiger partial charge in [-0.05, 0) is 18.6 Å². The molecule has 1 atom stereocenters. The molecule has 0 spiro atoms. The third-order valence-electron chi connectivity index (χ3n) is 1.87. The van der Waals surface area contributed by atoms with Crippen LogP contribution in [-0.4, -0.2) is 13.2 Å². The van der Waals surface area contributed by atoms with Crippen molar-refractivity contribution in [1.82, 2.24) is 0 Å². The predicted octanol–water partition coefficient (Wildman–Crippen LogP) is 2.40. The van der Waals surface area contributed by atoms with E-state index in [0.717, 1.165) is 0 Å². The van der Waals surface area contributed by atoms with Gasteiger partial charge in [-0.15, -0.1) is 0 Å². The fourth-order valence-electron chi connectivity index (χ4n) is 1.06. The van der Waals surface area contributed by atoms with Crippen molar-refractivity contribution in [3.05, 3.63) is 35.6 Å². The molecule has 0 unspecified atom stereocenters. The lowest BCUT2D eigenvalue weighted by atomic mass is 10.1. The van der Waals surface area contributed by atoms with Gasteiger partial charge in [0, 0.05) is 13.5 Å². The summed E-state index contributed by atoms with van der Waals surface area (Å²) >= 11 is 0. The van der Waals surface area contributed by atoms with Crippen molar-refractivity contribution in [3.63, 3.8) is 0 Å². The summed E-state index contributed by atoms with van der Waals surface area (Å²) in [5, 5.41) is 0. The normalized spacial score (nSPS) is 12.9. The van der Waals surface area contributed by atoms with E-state index in [4.69, 9.17) is 4.74 Å². The molecule has 0 heterocycles. The van der Waals surface area contributed by atoms with Gasteiger partial charge in [0.1, 0.15) is 5.82 Å². The molecule has 0 aliphatic heterocycles. The van der Waals surface area contributed by atoms with Crippen LogP contribution in [0.25, 0.3) is 0 Å². The van der Waals surface area contributed by atoms with E-state index >= 15 is 0 Å². The zero-order valence-electron chi connectivity index (χ0n) is 7.38. The second kappa shape index (κ2) is 4.21. The van der Waals surface area contributed by atoms with Crippen LogP contribution in [0.15, 0.2) is 24.3 Å². The number of methoxy groups -OCH3 is 1. The maximum absolute atomic E-state index is 13.0. The summed E-state index contributed by atoms with van der Waals surface area (Å²) in [6, 6.07) is 6.78. The predicted molar refractivity (Wildman–Crippen MR) is 46.6 cm³/mol. The van der Waals surface area contributed by atoms with Gasteiger partial charge in [-0.3, -0.25) is 0 Å². The molecule has 1 nitrogen and oxygen atoms in total. The molecule has 0 N–H and O–H groups in total. The van der Waals surface area contributed by atoms with Crippen LogP contribution >= 0.6 is 0 Å².